The summed E-state index contributed by atoms with van der Waals surface area (Å²) >= 11 is 0. The van der Waals surface area contributed by atoms with E-state index in [1.165, 1.54) is 19.3 Å². The lowest BCUT2D eigenvalue weighted by Gasteiger charge is -2.25. The van der Waals surface area contributed by atoms with E-state index in [-0.39, 0.29) is 0 Å². The SMILES string of the molecule is CC1CCC(N2CCC(N)(C(=O)O)C2)C1. The maximum absolute atomic E-state index is 11.0. The lowest BCUT2D eigenvalue weighted by Crippen LogP contribution is -2.51. The number of nitrogens with two attached hydrogens (primary N) is 1. The van der Waals surface area contributed by atoms with Crippen LogP contribution in [0, 0.1) is 5.92 Å². The fourth-order valence-corrected chi connectivity index (χ4v) is 2.86. The molecule has 2 fully saturated rings. The summed E-state index contributed by atoms with van der Waals surface area (Å²) in [4.78, 5) is 13.3. The van der Waals surface area contributed by atoms with E-state index >= 15 is 0 Å². The van der Waals surface area contributed by atoms with Gasteiger partial charge in [-0.05, 0) is 31.6 Å². The number of nitrogens with zero attached hydrogens (tertiary/aromatic N) is 1. The van der Waals surface area contributed by atoms with Crippen molar-refractivity contribution >= 4 is 5.97 Å². The van der Waals surface area contributed by atoms with E-state index < -0.39 is 11.5 Å². The molecule has 1 aliphatic heterocycles. The van der Waals surface area contributed by atoms with Gasteiger partial charge in [0.25, 0.3) is 0 Å². The molecule has 3 N–H and O–H groups in total. The monoisotopic (exact) mass is 212 g/mol. The molecular formula is C11H20N2O2. The number of hydrogen-bond donors (Lipinski definition) is 2. The number of likely N-dealkylation sites (tertiary alicyclic amines) is 1. The predicted octanol–water partition coefficient (Wildman–Crippen LogP) is 0.663. The summed E-state index contributed by atoms with van der Waals surface area (Å²) in [6.45, 7) is 3.64. The van der Waals surface area contributed by atoms with Crippen molar-refractivity contribution in [1.29, 1.82) is 0 Å². The highest BCUT2D eigenvalue weighted by molar-refractivity contribution is 5.79. The third kappa shape index (κ3) is 2.01. The van der Waals surface area contributed by atoms with E-state index in [1.54, 1.807) is 0 Å². The van der Waals surface area contributed by atoms with Crippen LogP contribution in [-0.2, 0) is 4.79 Å². The molecule has 0 bridgehead atoms. The van der Waals surface area contributed by atoms with Gasteiger partial charge in [-0.15, -0.1) is 0 Å². The Morgan fingerprint density at radius 1 is 1.53 bits per heavy atom. The Hall–Kier alpha value is -0.610. The zero-order valence-electron chi connectivity index (χ0n) is 9.28. The molecule has 1 heterocycles. The maximum atomic E-state index is 11.0. The molecule has 1 aliphatic carbocycles. The molecule has 1 saturated carbocycles. The van der Waals surface area contributed by atoms with Crippen LogP contribution in [0.25, 0.3) is 0 Å². The number of aliphatic carboxylic acids is 1. The predicted molar refractivity (Wildman–Crippen MR) is 57.5 cm³/mol. The van der Waals surface area contributed by atoms with E-state index in [1.807, 2.05) is 0 Å². The van der Waals surface area contributed by atoms with Gasteiger partial charge in [-0.1, -0.05) is 6.92 Å². The molecule has 0 aromatic heterocycles. The van der Waals surface area contributed by atoms with Crippen molar-refractivity contribution in [3.8, 4) is 0 Å². The Labute approximate surface area is 90.4 Å². The van der Waals surface area contributed by atoms with Crippen molar-refractivity contribution in [3.05, 3.63) is 0 Å². The van der Waals surface area contributed by atoms with Crippen LogP contribution < -0.4 is 5.73 Å². The average molecular weight is 212 g/mol. The first-order valence-electron chi connectivity index (χ1n) is 5.77. The zero-order valence-corrected chi connectivity index (χ0v) is 9.28. The molecule has 3 atom stereocenters. The molecule has 4 nitrogen and oxygen atoms in total. The molecule has 3 unspecified atom stereocenters. The van der Waals surface area contributed by atoms with Gasteiger partial charge < -0.3 is 10.8 Å². The van der Waals surface area contributed by atoms with Crippen molar-refractivity contribution in [3.63, 3.8) is 0 Å². The Bertz CT molecular complexity index is 269. The topological polar surface area (TPSA) is 66.6 Å². The van der Waals surface area contributed by atoms with E-state index in [9.17, 15) is 4.79 Å². The van der Waals surface area contributed by atoms with Gasteiger partial charge >= 0.3 is 5.97 Å². The number of carboxylic acids is 1. The summed E-state index contributed by atoms with van der Waals surface area (Å²) in [6, 6.07) is 0.574. The number of carbonyl (C=O) groups is 1. The second kappa shape index (κ2) is 3.76. The third-order valence-corrected chi connectivity index (χ3v) is 3.94. The molecule has 15 heavy (non-hydrogen) atoms. The van der Waals surface area contributed by atoms with Crippen LogP contribution in [0.2, 0.25) is 0 Å². The quantitative estimate of drug-likeness (QED) is 0.705. The molecule has 86 valence electrons. The summed E-state index contributed by atoms with van der Waals surface area (Å²) in [6.07, 6.45) is 4.27. The van der Waals surface area contributed by atoms with Crippen LogP contribution in [0.5, 0.6) is 0 Å². The molecule has 0 aromatic carbocycles. The van der Waals surface area contributed by atoms with Crippen molar-refractivity contribution in [1.82, 2.24) is 4.90 Å². The molecule has 0 spiro atoms. The number of carboxylic acid groups (broad SMARTS) is 1. The van der Waals surface area contributed by atoms with Gasteiger partial charge in [-0.2, -0.15) is 0 Å². The lowest BCUT2D eigenvalue weighted by molar-refractivity contribution is -0.142. The number of hydrogen-bond acceptors (Lipinski definition) is 3. The van der Waals surface area contributed by atoms with Crippen molar-refractivity contribution < 1.29 is 9.90 Å². The highest BCUT2D eigenvalue weighted by Gasteiger charge is 2.44. The van der Waals surface area contributed by atoms with E-state index in [4.69, 9.17) is 10.8 Å². The fraction of sp³-hybridized carbons (Fsp3) is 0.909. The van der Waals surface area contributed by atoms with Gasteiger partial charge in [-0.3, -0.25) is 9.69 Å². The summed E-state index contributed by atoms with van der Waals surface area (Å²) in [5, 5.41) is 9.03. The standard InChI is InChI=1S/C11H20N2O2/c1-8-2-3-9(6-8)13-5-4-11(12,7-13)10(14)15/h8-9H,2-7,12H2,1H3,(H,14,15). The first-order chi connectivity index (χ1) is 7.01. The van der Waals surface area contributed by atoms with Gasteiger partial charge in [0.2, 0.25) is 0 Å². The smallest absolute Gasteiger partial charge is 0.325 e. The Morgan fingerprint density at radius 2 is 2.27 bits per heavy atom. The second-order valence-electron chi connectivity index (χ2n) is 5.25. The minimum absolute atomic E-state index is 0.528. The zero-order chi connectivity index (χ0) is 11.1. The van der Waals surface area contributed by atoms with Crippen LogP contribution in [-0.4, -0.2) is 40.6 Å². The highest BCUT2D eigenvalue weighted by atomic mass is 16.4. The van der Waals surface area contributed by atoms with Crippen molar-refractivity contribution in [2.75, 3.05) is 13.1 Å². The highest BCUT2D eigenvalue weighted by Crippen LogP contribution is 2.32. The van der Waals surface area contributed by atoms with Gasteiger partial charge in [-0.25, -0.2) is 0 Å². The van der Waals surface area contributed by atoms with Crippen LogP contribution in [0.15, 0.2) is 0 Å². The Kier molecular flexibility index (Phi) is 2.73. The van der Waals surface area contributed by atoms with Gasteiger partial charge in [0.05, 0.1) is 0 Å². The van der Waals surface area contributed by atoms with Gasteiger partial charge in [0.15, 0.2) is 0 Å². The normalized spacial score (nSPS) is 42.3. The maximum Gasteiger partial charge on any atom is 0.325 e. The van der Waals surface area contributed by atoms with Crippen molar-refractivity contribution in [2.45, 2.75) is 44.2 Å². The van der Waals surface area contributed by atoms with E-state index in [0.717, 1.165) is 12.5 Å². The molecule has 2 aliphatic rings. The summed E-state index contributed by atoms with van der Waals surface area (Å²) in [5.41, 5.74) is 4.86. The minimum Gasteiger partial charge on any atom is -0.480 e. The Balaban J connectivity index is 1.95. The minimum atomic E-state index is -0.994. The van der Waals surface area contributed by atoms with Gasteiger partial charge in [0, 0.05) is 19.1 Å². The summed E-state index contributed by atoms with van der Waals surface area (Å²) < 4.78 is 0. The molecule has 2 rings (SSSR count). The molecule has 0 aromatic rings. The second-order valence-corrected chi connectivity index (χ2v) is 5.25. The lowest BCUT2D eigenvalue weighted by atomic mass is 10.0. The van der Waals surface area contributed by atoms with Gasteiger partial charge in [0.1, 0.15) is 5.54 Å². The van der Waals surface area contributed by atoms with E-state index in [0.29, 0.717) is 19.0 Å². The molecule has 0 amide bonds. The average Bonchev–Trinajstić information content (AvgIpc) is 2.73. The van der Waals surface area contributed by atoms with Crippen LogP contribution in [0.3, 0.4) is 0 Å². The van der Waals surface area contributed by atoms with Crippen molar-refractivity contribution in [2.24, 2.45) is 11.7 Å². The molecule has 1 saturated heterocycles. The Morgan fingerprint density at radius 3 is 2.73 bits per heavy atom. The summed E-state index contributed by atoms with van der Waals surface area (Å²) in [5.74, 6) is -0.0661. The van der Waals surface area contributed by atoms with Crippen LogP contribution in [0.1, 0.15) is 32.6 Å². The van der Waals surface area contributed by atoms with E-state index in [2.05, 4.69) is 11.8 Å². The first-order valence-corrected chi connectivity index (χ1v) is 5.77. The third-order valence-electron chi connectivity index (χ3n) is 3.94. The summed E-state index contributed by atoms with van der Waals surface area (Å²) in [7, 11) is 0. The molecule has 4 heteroatoms. The fourth-order valence-electron chi connectivity index (χ4n) is 2.86. The first kappa shape index (κ1) is 10.9. The molecular weight excluding hydrogens is 192 g/mol. The largest absolute Gasteiger partial charge is 0.480 e. The number of rotatable bonds is 2. The van der Waals surface area contributed by atoms with Crippen LogP contribution >= 0.6 is 0 Å². The van der Waals surface area contributed by atoms with Crippen LogP contribution in [0.4, 0.5) is 0 Å². The molecule has 0 radical (unpaired) electrons.